The van der Waals surface area contributed by atoms with Crippen LogP contribution in [0.2, 0.25) is 0 Å². The summed E-state index contributed by atoms with van der Waals surface area (Å²) in [6.45, 7) is -0.121. The molecule has 0 bridgehead atoms. The number of carbonyl (C=O) groups excluding carboxylic acids is 1. The molecule has 0 unspecified atom stereocenters. The molecule has 8 heteroatoms. The van der Waals surface area contributed by atoms with Gasteiger partial charge in [0.25, 0.3) is 0 Å². The number of furan rings is 1. The van der Waals surface area contributed by atoms with Crippen LogP contribution in [0.15, 0.2) is 88.0 Å². The summed E-state index contributed by atoms with van der Waals surface area (Å²) in [6.07, 6.45) is -0.818. The van der Waals surface area contributed by atoms with Crippen LogP contribution in [0.25, 0.3) is 33.2 Å². The van der Waals surface area contributed by atoms with E-state index in [0.29, 0.717) is 22.5 Å². The van der Waals surface area contributed by atoms with E-state index in [1.165, 1.54) is 24.3 Å². The molecule has 5 rings (SSSR count). The molecule has 0 aliphatic heterocycles. The minimum absolute atomic E-state index is 0.0818. The Morgan fingerprint density at radius 2 is 1.66 bits per heavy atom. The molecule has 3 aromatic carbocycles. The summed E-state index contributed by atoms with van der Waals surface area (Å²) in [4.78, 5) is 24.1. The van der Waals surface area contributed by atoms with Gasteiger partial charge in [0.15, 0.2) is 6.61 Å². The van der Waals surface area contributed by atoms with Gasteiger partial charge in [-0.2, -0.15) is 11.3 Å². The van der Waals surface area contributed by atoms with Gasteiger partial charge in [-0.1, -0.05) is 24.3 Å². The van der Waals surface area contributed by atoms with Gasteiger partial charge >= 0.3 is 12.1 Å². The van der Waals surface area contributed by atoms with E-state index in [1.54, 1.807) is 35.6 Å². The number of hydrogen-bond acceptors (Lipinski definition) is 5. The first-order valence-corrected chi connectivity index (χ1v) is 11.5. The highest BCUT2D eigenvalue weighted by Crippen LogP contribution is 2.29. The van der Waals surface area contributed by atoms with E-state index in [9.17, 15) is 19.1 Å². The normalized spacial score (nSPS) is 10.9. The third-order valence-electron chi connectivity index (χ3n) is 5.43. The highest BCUT2D eigenvalue weighted by atomic mass is 32.1. The fourth-order valence-electron chi connectivity index (χ4n) is 3.71. The zero-order chi connectivity index (χ0) is 24.4. The van der Waals surface area contributed by atoms with Crippen molar-refractivity contribution in [3.63, 3.8) is 0 Å². The highest BCUT2D eigenvalue weighted by Gasteiger charge is 2.16. The fraction of sp³-hybridized carbons (Fsp3) is 0.0370. The van der Waals surface area contributed by atoms with Crippen molar-refractivity contribution in [2.24, 2.45) is 0 Å². The minimum atomic E-state index is -1.22. The first-order chi connectivity index (χ1) is 17.0. The van der Waals surface area contributed by atoms with Crippen molar-refractivity contribution in [1.82, 2.24) is 0 Å². The summed E-state index contributed by atoms with van der Waals surface area (Å²) >= 11 is 1.62. The summed E-state index contributed by atoms with van der Waals surface area (Å²) in [5.41, 5.74) is 4.05. The number of carboxylic acids is 1. The Morgan fingerprint density at radius 3 is 2.40 bits per heavy atom. The summed E-state index contributed by atoms with van der Waals surface area (Å²) in [5, 5.41) is 17.0. The van der Waals surface area contributed by atoms with E-state index < -0.39 is 12.1 Å². The second-order valence-corrected chi connectivity index (χ2v) is 8.53. The van der Waals surface area contributed by atoms with Crippen molar-refractivity contribution < 1.29 is 28.2 Å². The molecule has 0 spiro atoms. The number of ether oxygens (including phenoxy) is 1. The van der Waals surface area contributed by atoms with Crippen LogP contribution in [0.5, 0.6) is 0 Å². The molecule has 1 amide bonds. The smallest absolute Gasteiger partial charge is 0.412 e. The van der Waals surface area contributed by atoms with Crippen molar-refractivity contribution in [1.29, 1.82) is 0 Å². The number of fused-ring (bicyclic) bond motifs is 1. The molecule has 0 saturated carbocycles. The SMILES string of the molecule is O=C(Nc1ccc(-c2ccc(F)cc2)cc1C(=O)O)OCc1cc2cc(-c3ccsc3)ccc2o1. The number of carbonyl (C=O) groups is 2. The zero-order valence-corrected chi connectivity index (χ0v) is 19.0. The van der Waals surface area contributed by atoms with Gasteiger partial charge in [-0.05, 0) is 81.5 Å². The number of aromatic carboxylic acids is 1. The molecule has 6 nitrogen and oxygen atoms in total. The number of thiophene rings is 1. The molecule has 0 aliphatic carbocycles. The number of anilines is 1. The highest BCUT2D eigenvalue weighted by molar-refractivity contribution is 7.08. The molecule has 0 radical (unpaired) electrons. The molecule has 0 fully saturated rings. The maximum atomic E-state index is 13.2. The lowest BCUT2D eigenvalue weighted by Gasteiger charge is -2.11. The van der Waals surface area contributed by atoms with Gasteiger partial charge in [-0.3, -0.25) is 5.32 Å². The van der Waals surface area contributed by atoms with E-state index in [1.807, 2.05) is 29.6 Å². The van der Waals surface area contributed by atoms with Gasteiger partial charge in [-0.15, -0.1) is 0 Å². The van der Waals surface area contributed by atoms with E-state index in [4.69, 9.17) is 9.15 Å². The number of rotatable bonds is 6. The van der Waals surface area contributed by atoms with Gasteiger partial charge in [0.05, 0.1) is 11.3 Å². The van der Waals surface area contributed by atoms with Crippen LogP contribution in [0.3, 0.4) is 0 Å². The van der Waals surface area contributed by atoms with Crippen molar-refractivity contribution in [3.05, 3.63) is 101 Å². The molecular weight excluding hydrogens is 469 g/mol. The van der Waals surface area contributed by atoms with Crippen LogP contribution in [0.4, 0.5) is 14.9 Å². The predicted octanol–water partition coefficient (Wildman–Crippen LogP) is 7.41. The molecule has 0 atom stereocenters. The maximum absolute atomic E-state index is 13.2. The first-order valence-electron chi connectivity index (χ1n) is 10.6. The van der Waals surface area contributed by atoms with Crippen molar-refractivity contribution >= 4 is 40.1 Å². The van der Waals surface area contributed by atoms with Crippen LogP contribution in [-0.2, 0) is 11.3 Å². The fourth-order valence-corrected chi connectivity index (χ4v) is 4.38. The van der Waals surface area contributed by atoms with Crippen molar-refractivity contribution in [2.75, 3.05) is 5.32 Å². The number of nitrogens with one attached hydrogen (secondary N) is 1. The number of carboxylic acid groups (broad SMARTS) is 1. The molecule has 2 N–H and O–H groups in total. The number of amides is 1. The molecule has 174 valence electrons. The Morgan fingerprint density at radius 1 is 0.914 bits per heavy atom. The van der Waals surface area contributed by atoms with Crippen LogP contribution in [-0.4, -0.2) is 17.2 Å². The third kappa shape index (κ3) is 4.92. The molecule has 2 aromatic heterocycles. The Bertz CT molecular complexity index is 1520. The summed E-state index contributed by atoms with van der Waals surface area (Å²) < 4.78 is 24.2. The third-order valence-corrected chi connectivity index (χ3v) is 6.11. The summed E-state index contributed by atoms with van der Waals surface area (Å²) in [5.74, 6) is -1.15. The lowest BCUT2D eigenvalue weighted by molar-refractivity contribution is 0.0698. The molecular formula is C27H18FNO5S. The molecule has 0 aliphatic rings. The molecule has 35 heavy (non-hydrogen) atoms. The second kappa shape index (κ2) is 9.44. The number of halogens is 1. The Hall–Kier alpha value is -4.43. The number of benzene rings is 3. The van der Waals surface area contributed by atoms with Crippen LogP contribution in [0.1, 0.15) is 16.1 Å². The van der Waals surface area contributed by atoms with Crippen molar-refractivity contribution in [2.45, 2.75) is 6.61 Å². The van der Waals surface area contributed by atoms with E-state index in [-0.39, 0.29) is 23.7 Å². The Kier molecular flexibility index (Phi) is 6.03. The zero-order valence-electron chi connectivity index (χ0n) is 18.2. The summed E-state index contributed by atoms with van der Waals surface area (Å²) in [6, 6.07) is 19.9. The lowest BCUT2D eigenvalue weighted by Crippen LogP contribution is -2.16. The quantitative estimate of drug-likeness (QED) is 0.260. The lowest BCUT2D eigenvalue weighted by atomic mass is 10.0. The van der Waals surface area contributed by atoms with Gasteiger partial charge in [0.2, 0.25) is 0 Å². The molecule has 0 saturated heterocycles. The van der Waals surface area contributed by atoms with Gasteiger partial charge < -0.3 is 14.3 Å². The van der Waals surface area contributed by atoms with E-state index >= 15 is 0 Å². The number of hydrogen-bond donors (Lipinski definition) is 2. The van der Waals surface area contributed by atoms with Crippen LogP contribution in [0, 0.1) is 5.82 Å². The summed E-state index contributed by atoms with van der Waals surface area (Å²) in [7, 11) is 0. The average Bonchev–Trinajstić information content (AvgIpc) is 3.53. The second-order valence-electron chi connectivity index (χ2n) is 7.75. The van der Waals surface area contributed by atoms with Gasteiger partial charge in [-0.25, -0.2) is 14.0 Å². The van der Waals surface area contributed by atoms with Crippen LogP contribution >= 0.6 is 11.3 Å². The Labute approximate surface area is 203 Å². The van der Waals surface area contributed by atoms with E-state index in [0.717, 1.165) is 16.5 Å². The van der Waals surface area contributed by atoms with Gasteiger partial charge in [0, 0.05) is 5.39 Å². The predicted molar refractivity (Wildman–Crippen MR) is 132 cm³/mol. The van der Waals surface area contributed by atoms with Crippen molar-refractivity contribution in [3.8, 4) is 22.3 Å². The average molecular weight is 488 g/mol. The first kappa shape index (κ1) is 22.4. The topological polar surface area (TPSA) is 88.8 Å². The molecule has 2 heterocycles. The monoisotopic (exact) mass is 487 g/mol. The van der Waals surface area contributed by atoms with Crippen LogP contribution < -0.4 is 5.32 Å². The molecule has 5 aromatic rings. The Balaban J connectivity index is 1.28. The minimum Gasteiger partial charge on any atom is -0.478 e. The maximum Gasteiger partial charge on any atom is 0.412 e. The standard InChI is InChI=1S/C27H18FNO5S/c28-21-5-1-16(2-6-21)18-3-7-24(23(13-18)26(30)31)29-27(32)33-14-22-12-20-11-17(4-8-25(20)34-22)19-9-10-35-15-19/h1-13,15H,14H2,(H,29,32)(H,30,31). The van der Waals surface area contributed by atoms with E-state index in [2.05, 4.69) is 10.7 Å². The van der Waals surface area contributed by atoms with Gasteiger partial charge in [0.1, 0.15) is 17.2 Å². The largest absolute Gasteiger partial charge is 0.478 e.